The number of anilines is 1. The highest BCUT2D eigenvalue weighted by atomic mass is 15.1. The van der Waals surface area contributed by atoms with Gasteiger partial charge in [-0.2, -0.15) is 0 Å². The van der Waals surface area contributed by atoms with Gasteiger partial charge in [0.25, 0.3) is 0 Å². The third-order valence-electron chi connectivity index (χ3n) is 3.14. The van der Waals surface area contributed by atoms with E-state index in [-0.39, 0.29) is 0 Å². The third-order valence-corrected chi connectivity index (χ3v) is 3.14. The Morgan fingerprint density at radius 3 is 2.74 bits per heavy atom. The number of nitrogens with zero attached hydrogens (tertiary/aromatic N) is 4. The van der Waals surface area contributed by atoms with Gasteiger partial charge in [0.1, 0.15) is 11.8 Å². The highest BCUT2D eigenvalue weighted by molar-refractivity contribution is 5.80. The van der Waals surface area contributed by atoms with Crippen molar-refractivity contribution in [3.05, 3.63) is 48.5 Å². The number of fused-ring (bicyclic) bond motifs is 1. The Labute approximate surface area is 111 Å². The van der Waals surface area contributed by atoms with Crippen LogP contribution >= 0.6 is 0 Å². The van der Waals surface area contributed by atoms with Gasteiger partial charge in [0.15, 0.2) is 11.5 Å². The largest absolute Gasteiger partial charge is 0.382 e. The van der Waals surface area contributed by atoms with Crippen LogP contribution in [-0.4, -0.2) is 19.5 Å². The fourth-order valence-corrected chi connectivity index (χ4v) is 2.16. The second-order valence-corrected chi connectivity index (χ2v) is 4.46. The molecule has 0 atom stereocenters. The molecule has 0 amide bonds. The minimum atomic E-state index is 0.437. The predicted molar refractivity (Wildman–Crippen MR) is 74.5 cm³/mol. The van der Waals surface area contributed by atoms with Crippen molar-refractivity contribution in [3.8, 4) is 0 Å². The zero-order valence-corrected chi connectivity index (χ0v) is 10.5. The van der Waals surface area contributed by atoms with Crippen LogP contribution in [0.2, 0.25) is 0 Å². The number of nitrogen functional groups attached to an aromatic ring is 1. The van der Waals surface area contributed by atoms with Crippen molar-refractivity contribution in [1.29, 1.82) is 0 Å². The molecule has 3 rings (SSSR count). The van der Waals surface area contributed by atoms with Crippen molar-refractivity contribution in [3.63, 3.8) is 0 Å². The van der Waals surface area contributed by atoms with Gasteiger partial charge in [-0.05, 0) is 18.4 Å². The maximum absolute atomic E-state index is 5.76. The highest BCUT2D eigenvalue weighted by Gasteiger charge is 2.06. The minimum absolute atomic E-state index is 0.437. The Morgan fingerprint density at radius 1 is 1.05 bits per heavy atom. The smallest absolute Gasteiger partial charge is 0.165 e. The van der Waals surface area contributed by atoms with Crippen LogP contribution in [0.25, 0.3) is 11.2 Å². The van der Waals surface area contributed by atoms with Crippen molar-refractivity contribution in [2.45, 2.75) is 19.4 Å². The van der Waals surface area contributed by atoms with Gasteiger partial charge in [-0.15, -0.1) is 0 Å². The second kappa shape index (κ2) is 5.06. The van der Waals surface area contributed by atoms with Gasteiger partial charge in [0.05, 0.1) is 6.33 Å². The number of nitrogens with two attached hydrogens (primary N) is 1. The molecule has 0 saturated heterocycles. The van der Waals surface area contributed by atoms with E-state index in [0.29, 0.717) is 11.3 Å². The molecule has 2 heterocycles. The molecule has 0 aliphatic rings. The maximum Gasteiger partial charge on any atom is 0.165 e. The Kier molecular flexibility index (Phi) is 3.10. The molecule has 0 fully saturated rings. The van der Waals surface area contributed by atoms with Gasteiger partial charge in [0.2, 0.25) is 0 Å². The first-order valence-electron chi connectivity index (χ1n) is 6.30. The highest BCUT2D eigenvalue weighted by Crippen LogP contribution is 2.14. The molecule has 5 nitrogen and oxygen atoms in total. The summed E-state index contributed by atoms with van der Waals surface area (Å²) in [6.07, 6.45) is 5.34. The van der Waals surface area contributed by atoms with E-state index in [4.69, 9.17) is 5.73 Å². The molecule has 2 N–H and O–H groups in total. The average molecular weight is 253 g/mol. The van der Waals surface area contributed by atoms with Crippen LogP contribution in [0.3, 0.4) is 0 Å². The van der Waals surface area contributed by atoms with Gasteiger partial charge in [-0.25, -0.2) is 15.0 Å². The number of aromatic nitrogens is 4. The lowest BCUT2D eigenvalue weighted by Gasteiger charge is -2.04. The van der Waals surface area contributed by atoms with Crippen LogP contribution in [0.4, 0.5) is 5.82 Å². The summed E-state index contributed by atoms with van der Waals surface area (Å²) in [4.78, 5) is 12.4. The molecule has 0 spiro atoms. The quantitative estimate of drug-likeness (QED) is 0.772. The number of imidazole rings is 1. The monoisotopic (exact) mass is 253 g/mol. The van der Waals surface area contributed by atoms with Gasteiger partial charge < -0.3 is 10.3 Å². The summed E-state index contributed by atoms with van der Waals surface area (Å²) in [6, 6.07) is 10.5. The van der Waals surface area contributed by atoms with E-state index in [2.05, 4.69) is 39.2 Å². The van der Waals surface area contributed by atoms with E-state index >= 15 is 0 Å². The summed E-state index contributed by atoms with van der Waals surface area (Å²) >= 11 is 0. The number of benzene rings is 1. The Hall–Kier alpha value is -2.43. The molecule has 0 aliphatic carbocycles. The lowest BCUT2D eigenvalue weighted by atomic mass is 10.1. The zero-order chi connectivity index (χ0) is 13.1. The van der Waals surface area contributed by atoms with Crippen molar-refractivity contribution in [1.82, 2.24) is 19.5 Å². The minimum Gasteiger partial charge on any atom is -0.382 e. The summed E-state index contributed by atoms with van der Waals surface area (Å²) < 4.78 is 2.02. The molecule has 2 aromatic heterocycles. The van der Waals surface area contributed by atoms with Gasteiger partial charge >= 0.3 is 0 Å². The number of hydrogen-bond acceptors (Lipinski definition) is 4. The third kappa shape index (κ3) is 2.40. The Morgan fingerprint density at radius 2 is 1.89 bits per heavy atom. The number of aryl methyl sites for hydroxylation is 2. The van der Waals surface area contributed by atoms with Gasteiger partial charge in [-0.3, -0.25) is 0 Å². The predicted octanol–water partition coefficient (Wildman–Crippen LogP) is 2.04. The number of hydrogen-bond donors (Lipinski definition) is 1. The molecule has 3 aromatic rings. The molecule has 0 aliphatic heterocycles. The first-order chi connectivity index (χ1) is 9.34. The van der Waals surface area contributed by atoms with E-state index in [9.17, 15) is 0 Å². The van der Waals surface area contributed by atoms with E-state index in [1.54, 1.807) is 6.33 Å². The second-order valence-electron chi connectivity index (χ2n) is 4.46. The lowest BCUT2D eigenvalue weighted by molar-refractivity contribution is 0.652. The van der Waals surface area contributed by atoms with E-state index in [1.165, 1.54) is 11.9 Å². The zero-order valence-electron chi connectivity index (χ0n) is 10.5. The fourth-order valence-electron chi connectivity index (χ4n) is 2.16. The molecule has 0 saturated carbocycles. The summed E-state index contributed by atoms with van der Waals surface area (Å²) in [5.41, 5.74) is 8.60. The van der Waals surface area contributed by atoms with Crippen molar-refractivity contribution in [2.24, 2.45) is 0 Å². The van der Waals surface area contributed by atoms with Gasteiger partial charge in [-0.1, -0.05) is 30.3 Å². The van der Waals surface area contributed by atoms with Crippen LogP contribution in [0.1, 0.15) is 12.0 Å². The molecule has 96 valence electrons. The van der Waals surface area contributed by atoms with Gasteiger partial charge in [0, 0.05) is 6.54 Å². The molecule has 0 bridgehead atoms. The van der Waals surface area contributed by atoms with Crippen LogP contribution < -0.4 is 5.73 Å². The first-order valence-corrected chi connectivity index (χ1v) is 6.30. The maximum atomic E-state index is 5.76. The van der Waals surface area contributed by atoms with E-state index in [1.807, 2.05) is 10.6 Å². The molecular weight excluding hydrogens is 238 g/mol. The summed E-state index contributed by atoms with van der Waals surface area (Å²) in [5, 5.41) is 0. The Bertz CT molecular complexity index is 675. The summed E-state index contributed by atoms with van der Waals surface area (Å²) in [5.74, 6) is 0.437. The fraction of sp³-hybridized carbons (Fsp3) is 0.214. The van der Waals surface area contributed by atoms with Crippen LogP contribution in [0, 0.1) is 0 Å². The van der Waals surface area contributed by atoms with Crippen molar-refractivity contribution in [2.75, 3.05) is 5.73 Å². The SMILES string of the molecule is Nc1ncnc2c1ncn2CCCc1ccccc1. The Balaban J connectivity index is 1.71. The molecule has 1 aromatic carbocycles. The summed E-state index contributed by atoms with van der Waals surface area (Å²) in [7, 11) is 0. The standard InChI is InChI=1S/C14H15N5/c15-13-12-14(17-9-16-13)19(10-18-12)8-4-7-11-5-2-1-3-6-11/h1-3,5-6,9-10H,4,7-8H2,(H2,15,16,17). The van der Waals surface area contributed by atoms with Crippen LogP contribution in [0.5, 0.6) is 0 Å². The van der Waals surface area contributed by atoms with Crippen LogP contribution in [0.15, 0.2) is 43.0 Å². The van der Waals surface area contributed by atoms with E-state index in [0.717, 1.165) is 25.0 Å². The number of rotatable bonds is 4. The summed E-state index contributed by atoms with van der Waals surface area (Å²) in [6.45, 7) is 0.877. The van der Waals surface area contributed by atoms with Crippen LogP contribution in [-0.2, 0) is 13.0 Å². The average Bonchev–Trinajstić information content (AvgIpc) is 2.85. The van der Waals surface area contributed by atoms with Crippen molar-refractivity contribution >= 4 is 17.0 Å². The molecule has 5 heteroatoms. The van der Waals surface area contributed by atoms with E-state index < -0.39 is 0 Å². The lowest BCUT2D eigenvalue weighted by Crippen LogP contribution is -2.00. The first kappa shape index (κ1) is 11.6. The van der Waals surface area contributed by atoms with Crippen molar-refractivity contribution < 1.29 is 0 Å². The molecule has 19 heavy (non-hydrogen) atoms. The molecular formula is C14H15N5. The molecule has 0 unspecified atom stereocenters. The topological polar surface area (TPSA) is 69.6 Å². The molecule has 0 radical (unpaired) electrons. The normalized spacial score (nSPS) is 10.9.